The fourth-order valence-electron chi connectivity index (χ4n) is 1.96. The van der Waals surface area contributed by atoms with Crippen molar-refractivity contribution < 1.29 is 14.7 Å². The Balaban J connectivity index is 2.19. The third-order valence-corrected chi connectivity index (χ3v) is 5.32. The zero-order valence-electron chi connectivity index (χ0n) is 11.8. The van der Waals surface area contributed by atoms with Crippen LogP contribution in [0.5, 0.6) is 0 Å². The van der Waals surface area contributed by atoms with Gasteiger partial charge in [0, 0.05) is 5.38 Å². The van der Waals surface area contributed by atoms with Crippen molar-refractivity contribution in [3.05, 3.63) is 28.6 Å². The number of carbonyl (C=O) groups excluding carboxylic acids is 1. The monoisotopic (exact) mass is 324 g/mol. The molecule has 0 unspecified atom stereocenters. The molecule has 0 bridgehead atoms. The Morgan fingerprint density at radius 2 is 2.05 bits per heavy atom. The number of hydrogen-bond acceptors (Lipinski definition) is 5. The number of carboxylic acids is 1. The van der Waals surface area contributed by atoms with Crippen LogP contribution >= 0.6 is 22.7 Å². The first kappa shape index (κ1) is 15.7. The van der Waals surface area contributed by atoms with E-state index in [2.05, 4.69) is 10.3 Å². The first-order valence-corrected chi connectivity index (χ1v) is 8.33. The summed E-state index contributed by atoms with van der Waals surface area (Å²) in [6, 6.07) is 3.86. The standard InChI is InChI=1S/C14H16N2O3S2/c1-3-14(4-2,13(18)19)16-11(17)9-8-21-12(15-9)10-6-5-7-20-10/h5-8H,3-4H2,1-2H3,(H,16,17)(H,18,19). The van der Waals surface area contributed by atoms with E-state index in [1.165, 1.54) is 11.3 Å². The number of carbonyl (C=O) groups is 2. The molecule has 2 rings (SSSR count). The third kappa shape index (κ3) is 3.14. The van der Waals surface area contributed by atoms with Gasteiger partial charge in [0.1, 0.15) is 16.2 Å². The van der Waals surface area contributed by atoms with Crippen molar-refractivity contribution in [1.82, 2.24) is 10.3 Å². The van der Waals surface area contributed by atoms with Gasteiger partial charge >= 0.3 is 5.97 Å². The number of rotatable bonds is 6. The molecular weight excluding hydrogens is 308 g/mol. The molecule has 5 nitrogen and oxygen atoms in total. The van der Waals surface area contributed by atoms with Crippen molar-refractivity contribution in [1.29, 1.82) is 0 Å². The van der Waals surface area contributed by atoms with Crippen LogP contribution in [0, 0.1) is 0 Å². The zero-order chi connectivity index (χ0) is 15.5. The highest BCUT2D eigenvalue weighted by Crippen LogP contribution is 2.28. The number of aliphatic carboxylic acids is 1. The molecule has 2 N–H and O–H groups in total. The van der Waals surface area contributed by atoms with E-state index in [0.717, 1.165) is 9.88 Å². The molecular formula is C14H16N2O3S2. The second-order valence-corrected chi connectivity index (χ2v) is 6.37. The molecule has 2 aromatic heterocycles. The number of nitrogens with one attached hydrogen (secondary N) is 1. The minimum Gasteiger partial charge on any atom is -0.480 e. The van der Waals surface area contributed by atoms with Crippen LogP contribution in [0.4, 0.5) is 0 Å². The molecule has 0 aliphatic carbocycles. The maximum atomic E-state index is 12.2. The highest BCUT2D eigenvalue weighted by atomic mass is 32.1. The lowest BCUT2D eigenvalue weighted by molar-refractivity contribution is -0.144. The van der Waals surface area contributed by atoms with Crippen LogP contribution in [0.2, 0.25) is 0 Å². The first-order valence-electron chi connectivity index (χ1n) is 6.57. The van der Waals surface area contributed by atoms with Gasteiger partial charge in [-0.05, 0) is 24.3 Å². The van der Waals surface area contributed by atoms with Gasteiger partial charge in [-0.15, -0.1) is 22.7 Å². The summed E-state index contributed by atoms with van der Waals surface area (Å²) in [6.45, 7) is 3.49. The Labute approximate surface area is 130 Å². The van der Waals surface area contributed by atoms with Crippen LogP contribution < -0.4 is 5.32 Å². The van der Waals surface area contributed by atoms with Crippen LogP contribution in [0.1, 0.15) is 37.2 Å². The predicted octanol–water partition coefficient (Wildman–Crippen LogP) is 3.24. The van der Waals surface area contributed by atoms with E-state index in [9.17, 15) is 14.7 Å². The van der Waals surface area contributed by atoms with E-state index < -0.39 is 17.4 Å². The molecule has 1 amide bonds. The fourth-order valence-corrected chi connectivity index (χ4v) is 3.57. The largest absolute Gasteiger partial charge is 0.480 e. The van der Waals surface area contributed by atoms with Gasteiger partial charge in [0.25, 0.3) is 5.91 Å². The topological polar surface area (TPSA) is 79.3 Å². The van der Waals surface area contributed by atoms with Gasteiger partial charge in [-0.1, -0.05) is 19.9 Å². The highest BCUT2D eigenvalue weighted by molar-refractivity contribution is 7.20. The van der Waals surface area contributed by atoms with E-state index in [-0.39, 0.29) is 5.69 Å². The minimum atomic E-state index is -1.23. The van der Waals surface area contributed by atoms with Crippen molar-refractivity contribution in [3.63, 3.8) is 0 Å². The van der Waals surface area contributed by atoms with Gasteiger partial charge < -0.3 is 10.4 Å². The van der Waals surface area contributed by atoms with Crippen LogP contribution in [0.15, 0.2) is 22.9 Å². The molecule has 0 saturated carbocycles. The van der Waals surface area contributed by atoms with Crippen LogP contribution in [0.3, 0.4) is 0 Å². The van der Waals surface area contributed by atoms with E-state index in [0.29, 0.717) is 12.8 Å². The molecule has 2 heterocycles. The summed E-state index contributed by atoms with van der Waals surface area (Å²) in [4.78, 5) is 28.9. The summed E-state index contributed by atoms with van der Waals surface area (Å²) in [5.74, 6) is -1.46. The number of aromatic nitrogens is 1. The zero-order valence-corrected chi connectivity index (χ0v) is 13.4. The average molecular weight is 324 g/mol. The molecule has 0 radical (unpaired) electrons. The Kier molecular flexibility index (Phi) is 4.74. The molecule has 0 aliphatic rings. The Morgan fingerprint density at radius 1 is 1.33 bits per heavy atom. The lowest BCUT2D eigenvalue weighted by Gasteiger charge is -2.27. The fraction of sp³-hybridized carbons (Fsp3) is 0.357. The Bertz CT molecular complexity index is 630. The number of nitrogens with zero attached hydrogens (tertiary/aromatic N) is 1. The first-order chi connectivity index (χ1) is 10.0. The van der Waals surface area contributed by atoms with Crippen molar-refractivity contribution in [2.24, 2.45) is 0 Å². The van der Waals surface area contributed by atoms with Gasteiger partial charge in [0.15, 0.2) is 0 Å². The highest BCUT2D eigenvalue weighted by Gasteiger charge is 2.37. The van der Waals surface area contributed by atoms with Crippen molar-refractivity contribution >= 4 is 34.6 Å². The molecule has 2 aromatic rings. The molecule has 0 fully saturated rings. The molecule has 112 valence electrons. The number of thiophene rings is 1. The van der Waals surface area contributed by atoms with Crippen LogP contribution in [-0.2, 0) is 4.79 Å². The summed E-state index contributed by atoms with van der Waals surface area (Å²) in [7, 11) is 0. The van der Waals surface area contributed by atoms with Crippen LogP contribution in [-0.4, -0.2) is 27.5 Å². The number of amides is 1. The molecule has 21 heavy (non-hydrogen) atoms. The third-order valence-electron chi connectivity index (χ3n) is 3.44. The maximum Gasteiger partial charge on any atom is 0.329 e. The lowest BCUT2D eigenvalue weighted by Crippen LogP contribution is -2.53. The van der Waals surface area contributed by atoms with E-state index in [1.807, 2.05) is 17.5 Å². The second-order valence-electron chi connectivity index (χ2n) is 4.56. The minimum absolute atomic E-state index is 0.260. The molecule has 0 atom stereocenters. The van der Waals surface area contributed by atoms with Gasteiger partial charge in [-0.3, -0.25) is 4.79 Å². The van der Waals surface area contributed by atoms with Gasteiger partial charge in [-0.2, -0.15) is 0 Å². The van der Waals surface area contributed by atoms with E-state index in [1.54, 1.807) is 30.6 Å². The summed E-state index contributed by atoms with van der Waals surface area (Å²) < 4.78 is 0. The molecule has 0 spiro atoms. The van der Waals surface area contributed by atoms with Gasteiger partial charge in [0.2, 0.25) is 0 Å². The Hall–Kier alpha value is -1.73. The summed E-state index contributed by atoms with van der Waals surface area (Å²) in [6.07, 6.45) is 0.652. The summed E-state index contributed by atoms with van der Waals surface area (Å²) >= 11 is 2.93. The second kappa shape index (κ2) is 6.36. The summed E-state index contributed by atoms with van der Waals surface area (Å²) in [5, 5.41) is 16.3. The van der Waals surface area contributed by atoms with Crippen LogP contribution in [0.25, 0.3) is 9.88 Å². The molecule has 0 aliphatic heterocycles. The average Bonchev–Trinajstić information content (AvgIpc) is 3.13. The Morgan fingerprint density at radius 3 is 2.57 bits per heavy atom. The normalized spacial score (nSPS) is 11.3. The van der Waals surface area contributed by atoms with E-state index >= 15 is 0 Å². The SMILES string of the molecule is CCC(CC)(NC(=O)c1csc(-c2cccs2)n1)C(=O)O. The van der Waals surface area contributed by atoms with Crippen molar-refractivity contribution in [3.8, 4) is 9.88 Å². The predicted molar refractivity (Wildman–Crippen MR) is 83.8 cm³/mol. The summed E-state index contributed by atoms with van der Waals surface area (Å²) in [5.41, 5.74) is -0.972. The van der Waals surface area contributed by atoms with E-state index in [4.69, 9.17) is 0 Å². The lowest BCUT2D eigenvalue weighted by atomic mass is 9.93. The van der Waals surface area contributed by atoms with Gasteiger partial charge in [0.05, 0.1) is 4.88 Å². The number of hydrogen-bond donors (Lipinski definition) is 2. The number of thiazole rings is 1. The van der Waals surface area contributed by atoms with Crippen molar-refractivity contribution in [2.45, 2.75) is 32.2 Å². The molecule has 0 aromatic carbocycles. The molecule has 7 heteroatoms. The quantitative estimate of drug-likeness (QED) is 0.855. The van der Waals surface area contributed by atoms with Gasteiger partial charge in [-0.25, -0.2) is 9.78 Å². The maximum absolute atomic E-state index is 12.2. The number of carboxylic acid groups (broad SMARTS) is 1. The smallest absolute Gasteiger partial charge is 0.329 e. The van der Waals surface area contributed by atoms with Crippen molar-refractivity contribution in [2.75, 3.05) is 0 Å². The molecule has 0 saturated heterocycles.